The Bertz CT molecular complexity index is 124. The predicted molar refractivity (Wildman–Crippen MR) is 49.7 cm³/mol. The van der Waals surface area contributed by atoms with E-state index in [1.807, 2.05) is 0 Å². The molecule has 1 heterocycles. The van der Waals surface area contributed by atoms with Gasteiger partial charge in [-0.2, -0.15) is 0 Å². The summed E-state index contributed by atoms with van der Waals surface area (Å²) in [7, 11) is 0. The van der Waals surface area contributed by atoms with Gasteiger partial charge in [-0.3, -0.25) is 4.90 Å². The molecular formula is C10H21N. The average Bonchev–Trinajstić information content (AvgIpc) is 2.11. The molecule has 0 aliphatic carbocycles. The maximum absolute atomic E-state index is 2.59. The Kier molecular flexibility index (Phi) is 2.29. The molecule has 0 aromatic carbocycles. The maximum Gasteiger partial charge on any atom is 0.0125 e. The fraction of sp³-hybridized carbons (Fsp3) is 1.00. The van der Waals surface area contributed by atoms with Crippen molar-refractivity contribution < 1.29 is 0 Å². The first-order valence-corrected chi connectivity index (χ1v) is 4.66. The molecule has 0 N–H and O–H groups in total. The minimum Gasteiger partial charge on any atom is -0.298 e. The fourth-order valence-electron chi connectivity index (χ4n) is 1.68. The molecule has 1 fully saturated rings. The van der Waals surface area contributed by atoms with Crippen LogP contribution in [0.3, 0.4) is 0 Å². The molecular weight excluding hydrogens is 134 g/mol. The second-order valence-corrected chi connectivity index (χ2v) is 5.03. The summed E-state index contributed by atoms with van der Waals surface area (Å²) in [6.45, 7) is 14.2. The zero-order valence-electron chi connectivity index (χ0n) is 8.52. The second-order valence-electron chi connectivity index (χ2n) is 5.03. The normalized spacial score (nSPS) is 34.6. The molecule has 2 atom stereocenters. The molecule has 1 saturated heterocycles. The van der Waals surface area contributed by atoms with Gasteiger partial charge in [0.2, 0.25) is 0 Å². The molecule has 0 saturated carbocycles. The van der Waals surface area contributed by atoms with Crippen molar-refractivity contribution in [2.24, 2.45) is 11.8 Å². The van der Waals surface area contributed by atoms with Crippen LogP contribution in [0.1, 0.15) is 34.6 Å². The minimum atomic E-state index is 0.374. The zero-order chi connectivity index (χ0) is 8.65. The monoisotopic (exact) mass is 155 g/mol. The third kappa shape index (κ3) is 1.96. The van der Waals surface area contributed by atoms with Crippen molar-refractivity contribution in [3.63, 3.8) is 0 Å². The summed E-state index contributed by atoms with van der Waals surface area (Å²) in [6.07, 6.45) is 0. The van der Waals surface area contributed by atoms with Crippen LogP contribution < -0.4 is 0 Å². The molecule has 11 heavy (non-hydrogen) atoms. The summed E-state index contributed by atoms with van der Waals surface area (Å²) in [5.74, 6) is 1.77. The SMILES string of the molecule is CC1CN(C(C)(C)C)CC1C. The highest BCUT2D eigenvalue weighted by atomic mass is 15.2. The van der Waals surface area contributed by atoms with Gasteiger partial charge < -0.3 is 0 Å². The van der Waals surface area contributed by atoms with Crippen molar-refractivity contribution >= 4 is 0 Å². The zero-order valence-corrected chi connectivity index (χ0v) is 8.52. The van der Waals surface area contributed by atoms with Gasteiger partial charge in [-0.05, 0) is 32.6 Å². The second kappa shape index (κ2) is 2.78. The number of likely N-dealkylation sites (tertiary alicyclic amines) is 1. The summed E-state index contributed by atoms with van der Waals surface area (Å²) >= 11 is 0. The van der Waals surface area contributed by atoms with E-state index in [2.05, 4.69) is 39.5 Å². The molecule has 0 amide bonds. The molecule has 1 aliphatic rings. The largest absolute Gasteiger partial charge is 0.298 e. The van der Waals surface area contributed by atoms with Crippen LogP contribution in [0.4, 0.5) is 0 Å². The van der Waals surface area contributed by atoms with Crippen LogP contribution in [-0.2, 0) is 0 Å². The third-order valence-electron chi connectivity index (χ3n) is 2.94. The van der Waals surface area contributed by atoms with Crippen molar-refractivity contribution in [3.8, 4) is 0 Å². The first-order chi connectivity index (χ1) is 4.91. The van der Waals surface area contributed by atoms with Gasteiger partial charge in [0.1, 0.15) is 0 Å². The molecule has 0 spiro atoms. The number of hydrogen-bond acceptors (Lipinski definition) is 1. The first kappa shape index (κ1) is 9.05. The third-order valence-corrected chi connectivity index (χ3v) is 2.94. The van der Waals surface area contributed by atoms with E-state index in [0.29, 0.717) is 5.54 Å². The molecule has 0 radical (unpaired) electrons. The molecule has 0 aromatic rings. The lowest BCUT2D eigenvalue weighted by atomic mass is 10.0. The minimum absolute atomic E-state index is 0.374. The molecule has 1 heteroatoms. The van der Waals surface area contributed by atoms with Crippen LogP contribution in [0.15, 0.2) is 0 Å². The Balaban J connectivity index is 2.54. The van der Waals surface area contributed by atoms with Gasteiger partial charge in [0.25, 0.3) is 0 Å². The molecule has 2 unspecified atom stereocenters. The van der Waals surface area contributed by atoms with Crippen LogP contribution in [0.5, 0.6) is 0 Å². The summed E-state index contributed by atoms with van der Waals surface area (Å²) in [5, 5.41) is 0. The van der Waals surface area contributed by atoms with Gasteiger partial charge in [0, 0.05) is 18.6 Å². The molecule has 66 valence electrons. The Morgan fingerprint density at radius 3 is 1.55 bits per heavy atom. The van der Waals surface area contributed by atoms with Gasteiger partial charge >= 0.3 is 0 Å². The lowest BCUT2D eigenvalue weighted by Gasteiger charge is -2.31. The predicted octanol–water partition coefficient (Wildman–Crippen LogP) is 2.37. The van der Waals surface area contributed by atoms with Crippen LogP contribution in [0, 0.1) is 11.8 Å². The van der Waals surface area contributed by atoms with Crippen molar-refractivity contribution in [1.82, 2.24) is 4.90 Å². The quantitative estimate of drug-likeness (QED) is 0.519. The van der Waals surface area contributed by atoms with Crippen LogP contribution in [0.2, 0.25) is 0 Å². The molecule has 1 rings (SSSR count). The highest BCUT2D eigenvalue weighted by Crippen LogP contribution is 2.27. The van der Waals surface area contributed by atoms with Crippen molar-refractivity contribution in [2.75, 3.05) is 13.1 Å². The highest BCUT2D eigenvalue weighted by Gasteiger charge is 2.32. The first-order valence-electron chi connectivity index (χ1n) is 4.66. The lowest BCUT2D eigenvalue weighted by molar-refractivity contribution is 0.166. The smallest absolute Gasteiger partial charge is 0.0125 e. The maximum atomic E-state index is 2.59. The van der Waals surface area contributed by atoms with Gasteiger partial charge in [0.05, 0.1) is 0 Å². The van der Waals surface area contributed by atoms with E-state index >= 15 is 0 Å². The Labute approximate surface area is 70.8 Å². The van der Waals surface area contributed by atoms with E-state index in [9.17, 15) is 0 Å². The van der Waals surface area contributed by atoms with Crippen LogP contribution in [-0.4, -0.2) is 23.5 Å². The van der Waals surface area contributed by atoms with E-state index in [4.69, 9.17) is 0 Å². The van der Waals surface area contributed by atoms with Crippen LogP contribution >= 0.6 is 0 Å². The Morgan fingerprint density at radius 1 is 1.00 bits per heavy atom. The average molecular weight is 155 g/mol. The van der Waals surface area contributed by atoms with Gasteiger partial charge in [-0.1, -0.05) is 13.8 Å². The Hall–Kier alpha value is -0.0400. The Morgan fingerprint density at radius 2 is 1.36 bits per heavy atom. The van der Waals surface area contributed by atoms with Gasteiger partial charge in [-0.25, -0.2) is 0 Å². The van der Waals surface area contributed by atoms with Crippen molar-refractivity contribution in [3.05, 3.63) is 0 Å². The number of rotatable bonds is 0. The summed E-state index contributed by atoms with van der Waals surface area (Å²) in [6, 6.07) is 0. The van der Waals surface area contributed by atoms with Gasteiger partial charge in [-0.15, -0.1) is 0 Å². The van der Waals surface area contributed by atoms with Crippen molar-refractivity contribution in [2.45, 2.75) is 40.2 Å². The summed E-state index contributed by atoms with van der Waals surface area (Å²) < 4.78 is 0. The standard InChI is InChI=1S/C10H21N/c1-8-6-11(7-9(8)2)10(3,4)5/h8-9H,6-7H2,1-5H3. The topological polar surface area (TPSA) is 3.24 Å². The number of nitrogens with zero attached hydrogens (tertiary/aromatic N) is 1. The van der Waals surface area contributed by atoms with E-state index in [1.165, 1.54) is 13.1 Å². The van der Waals surface area contributed by atoms with Crippen molar-refractivity contribution in [1.29, 1.82) is 0 Å². The summed E-state index contributed by atoms with van der Waals surface area (Å²) in [4.78, 5) is 2.59. The molecule has 1 aliphatic heterocycles. The van der Waals surface area contributed by atoms with E-state index in [-0.39, 0.29) is 0 Å². The molecule has 0 aromatic heterocycles. The summed E-state index contributed by atoms with van der Waals surface area (Å²) in [5.41, 5.74) is 0.374. The fourth-order valence-corrected chi connectivity index (χ4v) is 1.68. The van der Waals surface area contributed by atoms with E-state index < -0.39 is 0 Å². The van der Waals surface area contributed by atoms with E-state index in [0.717, 1.165) is 11.8 Å². The lowest BCUT2D eigenvalue weighted by Crippen LogP contribution is -2.39. The molecule has 0 bridgehead atoms. The van der Waals surface area contributed by atoms with E-state index in [1.54, 1.807) is 0 Å². The van der Waals surface area contributed by atoms with Crippen LogP contribution in [0.25, 0.3) is 0 Å². The molecule has 1 nitrogen and oxygen atoms in total. The highest BCUT2D eigenvalue weighted by molar-refractivity contribution is 4.86. The number of hydrogen-bond donors (Lipinski definition) is 0. The van der Waals surface area contributed by atoms with Gasteiger partial charge in [0.15, 0.2) is 0 Å².